The van der Waals surface area contributed by atoms with E-state index < -0.39 is 4.84 Å². The SMILES string of the molecule is O=C(C=CC=CC(Cl)Cl)c1ccccc1O. The molecule has 0 heterocycles. The average molecular weight is 257 g/mol. The van der Waals surface area contributed by atoms with E-state index in [0.29, 0.717) is 0 Å². The minimum Gasteiger partial charge on any atom is -0.507 e. The van der Waals surface area contributed by atoms with Crippen LogP contribution in [0.1, 0.15) is 10.4 Å². The second-order valence-corrected chi connectivity index (χ2v) is 4.12. The molecule has 16 heavy (non-hydrogen) atoms. The Kier molecular flexibility index (Phi) is 5.09. The van der Waals surface area contributed by atoms with Crippen molar-refractivity contribution in [3.8, 4) is 5.75 Å². The summed E-state index contributed by atoms with van der Waals surface area (Å²) in [5.41, 5.74) is 0.264. The summed E-state index contributed by atoms with van der Waals surface area (Å²) in [6.45, 7) is 0. The normalized spacial score (nSPS) is 11.7. The van der Waals surface area contributed by atoms with Gasteiger partial charge in [0.25, 0.3) is 0 Å². The molecule has 1 N–H and O–H groups in total. The lowest BCUT2D eigenvalue weighted by molar-refractivity contribution is 0.104. The van der Waals surface area contributed by atoms with Crippen LogP contribution < -0.4 is 0 Å². The van der Waals surface area contributed by atoms with Crippen LogP contribution in [0.25, 0.3) is 0 Å². The first-order chi connectivity index (χ1) is 7.61. The number of carbonyl (C=O) groups is 1. The molecule has 1 rings (SSSR count). The lowest BCUT2D eigenvalue weighted by Crippen LogP contribution is -1.93. The van der Waals surface area contributed by atoms with E-state index in [1.807, 2.05) is 0 Å². The second-order valence-electron chi connectivity index (χ2n) is 2.96. The van der Waals surface area contributed by atoms with Crippen molar-refractivity contribution >= 4 is 29.0 Å². The molecule has 0 aliphatic rings. The van der Waals surface area contributed by atoms with E-state index in [2.05, 4.69) is 0 Å². The van der Waals surface area contributed by atoms with Gasteiger partial charge in [-0.3, -0.25) is 4.79 Å². The van der Waals surface area contributed by atoms with Gasteiger partial charge in [-0.05, 0) is 18.2 Å². The molecule has 2 nitrogen and oxygen atoms in total. The highest BCUT2D eigenvalue weighted by molar-refractivity contribution is 6.45. The quantitative estimate of drug-likeness (QED) is 0.388. The molecule has 0 amide bonds. The van der Waals surface area contributed by atoms with Crippen LogP contribution in [0.4, 0.5) is 0 Å². The summed E-state index contributed by atoms with van der Waals surface area (Å²) >= 11 is 10.9. The van der Waals surface area contributed by atoms with Crippen LogP contribution in [0, 0.1) is 0 Å². The molecule has 0 spiro atoms. The van der Waals surface area contributed by atoms with Gasteiger partial charge in [0.2, 0.25) is 0 Å². The molecule has 0 bridgehead atoms. The number of aromatic hydroxyl groups is 1. The van der Waals surface area contributed by atoms with Crippen molar-refractivity contribution in [3.63, 3.8) is 0 Å². The zero-order valence-corrected chi connectivity index (χ0v) is 9.82. The minimum absolute atomic E-state index is 0.0336. The lowest BCUT2D eigenvalue weighted by atomic mass is 10.1. The molecule has 84 valence electrons. The van der Waals surface area contributed by atoms with E-state index in [4.69, 9.17) is 23.2 Å². The van der Waals surface area contributed by atoms with Gasteiger partial charge < -0.3 is 5.11 Å². The van der Waals surface area contributed by atoms with Gasteiger partial charge in [0.1, 0.15) is 10.6 Å². The summed E-state index contributed by atoms with van der Waals surface area (Å²) < 4.78 is 0. The van der Waals surface area contributed by atoms with Crippen molar-refractivity contribution < 1.29 is 9.90 Å². The van der Waals surface area contributed by atoms with E-state index in [9.17, 15) is 9.90 Å². The second kappa shape index (κ2) is 6.36. The number of rotatable bonds is 4. The fraction of sp³-hybridized carbons (Fsp3) is 0.0833. The molecule has 0 radical (unpaired) electrons. The zero-order valence-electron chi connectivity index (χ0n) is 8.31. The van der Waals surface area contributed by atoms with Gasteiger partial charge in [-0.25, -0.2) is 0 Å². The molecular formula is C12H10Cl2O2. The number of hydrogen-bond donors (Lipinski definition) is 1. The first kappa shape index (κ1) is 12.8. The van der Waals surface area contributed by atoms with Gasteiger partial charge in [0.05, 0.1) is 5.56 Å². The van der Waals surface area contributed by atoms with Crippen LogP contribution in [-0.4, -0.2) is 15.7 Å². The third kappa shape index (κ3) is 4.09. The Bertz CT molecular complexity index is 423. The molecule has 0 aliphatic heterocycles. The van der Waals surface area contributed by atoms with Crippen molar-refractivity contribution in [2.75, 3.05) is 0 Å². The van der Waals surface area contributed by atoms with Crippen LogP contribution in [0.2, 0.25) is 0 Å². The number of alkyl halides is 2. The molecule has 0 atom stereocenters. The molecular weight excluding hydrogens is 247 g/mol. The molecule has 1 aromatic carbocycles. The van der Waals surface area contributed by atoms with Gasteiger partial charge in [-0.2, -0.15) is 0 Å². The van der Waals surface area contributed by atoms with E-state index in [1.165, 1.54) is 24.3 Å². The monoisotopic (exact) mass is 256 g/mol. The van der Waals surface area contributed by atoms with Crippen molar-refractivity contribution in [2.24, 2.45) is 0 Å². The standard InChI is InChI=1S/C12H10Cl2O2/c13-12(14)8-4-3-7-11(16)9-5-1-2-6-10(9)15/h1-8,12,15H. The van der Waals surface area contributed by atoms with Crippen LogP contribution in [-0.2, 0) is 0 Å². The number of para-hydroxylation sites is 1. The molecule has 0 saturated carbocycles. The summed E-state index contributed by atoms with van der Waals surface area (Å²) in [7, 11) is 0. The van der Waals surface area contributed by atoms with Crippen molar-refractivity contribution in [2.45, 2.75) is 4.84 Å². The van der Waals surface area contributed by atoms with Crippen LogP contribution >= 0.6 is 23.2 Å². The van der Waals surface area contributed by atoms with E-state index >= 15 is 0 Å². The van der Waals surface area contributed by atoms with Gasteiger partial charge in [0, 0.05) is 0 Å². The van der Waals surface area contributed by atoms with E-state index in [0.717, 1.165) is 0 Å². The highest BCUT2D eigenvalue weighted by Crippen LogP contribution is 2.16. The first-order valence-electron chi connectivity index (χ1n) is 4.56. The van der Waals surface area contributed by atoms with Crippen molar-refractivity contribution in [1.82, 2.24) is 0 Å². The first-order valence-corrected chi connectivity index (χ1v) is 5.44. The number of phenolic OH excluding ortho intramolecular Hbond substituents is 1. The predicted octanol–water partition coefficient (Wildman–Crippen LogP) is 3.49. The van der Waals surface area contributed by atoms with E-state index in [-0.39, 0.29) is 17.1 Å². The van der Waals surface area contributed by atoms with Crippen molar-refractivity contribution in [1.29, 1.82) is 0 Å². The Hall–Kier alpha value is -1.25. The molecule has 0 aliphatic carbocycles. The molecule has 0 saturated heterocycles. The zero-order chi connectivity index (χ0) is 12.0. The summed E-state index contributed by atoms with van der Waals surface area (Å²) in [5, 5.41) is 9.41. The molecule has 0 unspecified atom stereocenters. The average Bonchev–Trinajstić information content (AvgIpc) is 2.24. The number of phenols is 1. The van der Waals surface area contributed by atoms with E-state index in [1.54, 1.807) is 24.3 Å². The summed E-state index contributed by atoms with van der Waals surface area (Å²) in [4.78, 5) is 11.0. The van der Waals surface area contributed by atoms with Crippen LogP contribution in [0.5, 0.6) is 5.75 Å². The Morgan fingerprint density at radius 2 is 1.94 bits per heavy atom. The Balaban J connectivity index is 2.70. The maximum Gasteiger partial charge on any atom is 0.189 e. The Morgan fingerprint density at radius 3 is 2.56 bits per heavy atom. The lowest BCUT2D eigenvalue weighted by Gasteiger charge is -1.97. The summed E-state index contributed by atoms with van der Waals surface area (Å²) in [6.07, 6.45) is 5.95. The number of hydrogen-bond acceptors (Lipinski definition) is 2. The number of carbonyl (C=O) groups excluding carboxylic acids is 1. The largest absolute Gasteiger partial charge is 0.507 e. The topological polar surface area (TPSA) is 37.3 Å². The third-order valence-corrected chi connectivity index (χ3v) is 2.08. The number of ketones is 1. The maximum absolute atomic E-state index is 11.6. The maximum atomic E-state index is 11.6. The summed E-state index contributed by atoms with van der Waals surface area (Å²) in [5.74, 6) is -0.308. The third-order valence-electron chi connectivity index (χ3n) is 1.78. The van der Waals surface area contributed by atoms with Crippen molar-refractivity contribution in [3.05, 3.63) is 54.1 Å². The van der Waals surface area contributed by atoms with Gasteiger partial charge >= 0.3 is 0 Å². The molecule has 0 fully saturated rings. The van der Waals surface area contributed by atoms with Gasteiger partial charge in [0.15, 0.2) is 5.78 Å². The Labute approximate surface area is 104 Å². The fourth-order valence-electron chi connectivity index (χ4n) is 1.06. The summed E-state index contributed by atoms with van der Waals surface area (Å²) in [6, 6.07) is 6.35. The molecule has 1 aromatic rings. The number of halogens is 2. The van der Waals surface area contributed by atoms with Gasteiger partial charge in [-0.1, -0.05) is 30.4 Å². The fourth-order valence-corrected chi connectivity index (χ4v) is 1.23. The Morgan fingerprint density at radius 1 is 1.25 bits per heavy atom. The molecule has 4 heteroatoms. The highest BCUT2D eigenvalue weighted by atomic mass is 35.5. The van der Waals surface area contributed by atoms with Gasteiger partial charge in [-0.15, -0.1) is 23.2 Å². The number of allylic oxidation sites excluding steroid dienone is 4. The van der Waals surface area contributed by atoms with Crippen LogP contribution in [0.3, 0.4) is 0 Å². The molecule has 0 aromatic heterocycles. The number of benzene rings is 1. The highest BCUT2D eigenvalue weighted by Gasteiger charge is 2.05. The predicted molar refractivity (Wildman–Crippen MR) is 66.2 cm³/mol. The smallest absolute Gasteiger partial charge is 0.189 e. The van der Waals surface area contributed by atoms with Crippen LogP contribution in [0.15, 0.2) is 48.6 Å². The minimum atomic E-state index is -0.593.